The van der Waals surface area contributed by atoms with Crippen molar-refractivity contribution in [3.8, 4) is 0 Å². The molecule has 0 bridgehead atoms. The van der Waals surface area contributed by atoms with Crippen LogP contribution in [0.3, 0.4) is 0 Å². The fourth-order valence-electron chi connectivity index (χ4n) is 3.87. The number of rotatable bonds is 3. The molecule has 0 aliphatic carbocycles. The molecule has 0 N–H and O–H groups in total. The SMILES string of the molecule is CN(C)c1ccc(C=CC2ON3c4ccccc4CC3C2(C)C)cc1. The lowest BCUT2D eigenvalue weighted by atomic mass is 9.78. The number of hydrogen-bond donors (Lipinski definition) is 0. The number of hydrogen-bond acceptors (Lipinski definition) is 3. The molecular formula is C22H26N2O. The van der Waals surface area contributed by atoms with Crippen LogP contribution in [0.2, 0.25) is 0 Å². The summed E-state index contributed by atoms with van der Waals surface area (Å²) in [5.74, 6) is 0. The molecule has 0 radical (unpaired) electrons. The molecule has 3 heteroatoms. The van der Waals surface area contributed by atoms with Gasteiger partial charge in [-0.2, -0.15) is 0 Å². The molecule has 1 saturated heterocycles. The van der Waals surface area contributed by atoms with Gasteiger partial charge in [-0.15, -0.1) is 0 Å². The van der Waals surface area contributed by atoms with E-state index in [0.717, 1.165) is 6.42 Å². The Bertz CT molecular complexity index is 792. The van der Waals surface area contributed by atoms with Crippen LogP contribution >= 0.6 is 0 Å². The van der Waals surface area contributed by atoms with Crippen molar-refractivity contribution in [2.75, 3.05) is 24.1 Å². The van der Waals surface area contributed by atoms with Crippen molar-refractivity contribution in [2.24, 2.45) is 5.41 Å². The molecule has 0 spiro atoms. The van der Waals surface area contributed by atoms with E-state index in [4.69, 9.17) is 4.84 Å². The second kappa shape index (κ2) is 5.92. The van der Waals surface area contributed by atoms with Crippen LogP contribution in [0.15, 0.2) is 54.6 Å². The first kappa shape index (κ1) is 16.2. The topological polar surface area (TPSA) is 15.7 Å². The predicted octanol–water partition coefficient (Wildman–Crippen LogP) is 4.54. The first-order chi connectivity index (χ1) is 12.0. The van der Waals surface area contributed by atoms with Crippen LogP contribution in [-0.4, -0.2) is 26.2 Å². The second-order valence-corrected chi connectivity index (χ2v) is 7.87. The van der Waals surface area contributed by atoms with E-state index >= 15 is 0 Å². The molecule has 2 aromatic carbocycles. The summed E-state index contributed by atoms with van der Waals surface area (Å²) in [6, 6.07) is 17.6. The molecule has 1 fully saturated rings. The summed E-state index contributed by atoms with van der Waals surface area (Å²) >= 11 is 0. The maximum Gasteiger partial charge on any atom is 0.111 e. The highest BCUT2D eigenvalue weighted by Crippen LogP contribution is 2.48. The summed E-state index contributed by atoms with van der Waals surface area (Å²) in [7, 11) is 4.12. The minimum absolute atomic E-state index is 0.0685. The van der Waals surface area contributed by atoms with Gasteiger partial charge in [-0.3, -0.25) is 4.84 Å². The molecule has 0 saturated carbocycles. The number of anilines is 2. The van der Waals surface area contributed by atoms with E-state index in [1.165, 1.54) is 22.5 Å². The summed E-state index contributed by atoms with van der Waals surface area (Å²) in [5, 5.41) is 2.14. The highest BCUT2D eigenvalue weighted by molar-refractivity contribution is 5.60. The third-order valence-electron chi connectivity index (χ3n) is 5.62. The normalized spacial score (nSPS) is 23.8. The third-order valence-corrected chi connectivity index (χ3v) is 5.62. The van der Waals surface area contributed by atoms with Crippen molar-refractivity contribution < 1.29 is 4.84 Å². The number of nitrogens with zero attached hydrogens (tertiary/aromatic N) is 2. The Hall–Kier alpha value is -2.26. The second-order valence-electron chi connectivity index (χ2n) is 7.87. The van der Waals surface area contributed by atoms with E-state index < -0.39 is 0 Å². The van der Waals surface area contributed by atoms with Gasteiger partial charge in [0.2, 0.25) is 0 Å². The minimum atomic E-state index is 0.0685. The van der Waals surface area contributed by atoms with Crippen LogP contribution in [0.25, 0.3) is 6.08 Å². The van der Waals surface area contributed by atoms with Crippen molar-refractivity contribution in [1.82, 2.24) is 0 Å². The minimum Gasteiger partial charge on any atom is -0.378 e. The van der Waals surface area contributed by atoms with Crippen molar-refractivity contribution in [3.63, 3.8) is 0 Å². The number of fused-ring (bicyclic) bond motifs is 3. The monoisotopic (exact) mass is 334 g/mol. The van der Waals surface area contributed by atoms with Crippen LogP contribution < -0.4 is 9.96 Å². The van der Waals surface area contributed by atoms with Gasteiger partial charge in [0.05, 0.1) is 11.7 Å². The zero-order chi connectivity index (χ0) is 17.6. The van der Waals surface area contributed by atoms with E-state index in [1.54, 1.807) is 0 Å². The molecule has 0 aromatic heterocycles. The molecule has 2 aliphatic heterocycles. The van der Waals surface area contributed by atoms with E-state index in [1.807, 2.05) is 0 Å². The number of benzene rings is 2. The molecule has 3 nitrogen and oxygen atoms in total. The van der Waals surface area contributed by atoms with Crippen molar-refractivity contribution in [3.05, 3.63) is 65.7 Å². The Balaban J connectivity index is 1.54. The zero-order valence-electron chi connectivity index (χ0n) is 15.4. The lowest BCUT2D eigenvalue weighted by molar-refractivity contribution is 0.0849. The van der Waals surface area contributed by atoms with E-state index in [9.17, 15) is 0 Å². The van der Waals surface area contributed by atoms with Gasteiger partial charge in [0.25, 0.3) is 0 Å². The summed E-state index contributed by atoms with van der Waals surface area (Å²) in [6.07, 6.45) is 5.54. The third kappa shape index (κ3) is 2.73. The average molecular weight is 334 g/mol. The molecule has 2 heterocycles. The molecule has 2 aliphatic rings. The quantitative estimate of drug-likeness (QED) is 0.820. The Morgan fingerprint density at radius 1 is 1.08 bits per heavy atom. The molecule has 0 amide bonds. The van der Waals surface area contributed by atoms with Gasteiger partial charge in [-0.1, -0.05) is 56.3 Å². The van der Waals surface area contributed by atoms with Crippen molar-refractivity contribution in [2.45, 2.75) is 32.4 Å². The maximum absolute atomic E-state index is 6.35. The van der Waals surface area contributed by atoms with Gasteiger partial charge >= 0.3 is 0 Å². The largest absolute Gasteiger partial charge is 0.378 e. The lowest BCUT2D eigenvalue weighted by Crippen LogP contribution is -2.36. The fourth-order valence-corrected chi connectivity index (χ4v) is 3.87. The number of hydroxylamine groups is 1. The first-order valence-electron chi connectivity index (χ1n) is 8.96. The smallest absolute Gasteiger partial charge is 0.111 e. The predicted molar refractivity (Wildman–Crippen MR) is 105 cm³/mol. The number of para-hydroxylation sites is 1. The van der Waals surface area contributed by atoms with E-state index in [-0.39, 0.29) is 11.5 Å². The molecule has 25 heavy (non-hydrogen) atoms. The summed E-state index contributed by atoms with van der Waals surface area (Å²) in [4.78, 5) is 8.46. The Labute approximate surface area is 150 Å². The van der Waals surface area contributed by atoms with Crippen LogP contribution in [0.4, 0.5) is 11.4 Å². The molecule has 2 aromatic rings. The summed E-state index contributed by atoms with van der Waals surface area (Å²) < 4.78 is 0. The Morgan fingerprint density at radius 3 is 2.52 bits per heavy atom. The van der Waals surface area contributed by atoms with Gasteiger partial charge in [-0.25, -0.2) is 5.06 Å². The summed E-state index contributed by atoms with van der Waals surface area (Å²) in [5.41, 5.74) is 5.11. The van der Waals surface area contributed by atoms with Crippen LogP contribution in [0.1, 0.15) is 25.0 Å². The highest BCUT2D eigenvalue weighted by atomic mass is 16.7. The Morgan fingerprint density at radius 2 is 1.80 bits per heavy atom. The fraction of sp³-hybridized carbons (Fsp3) is 0.364. The van der Waals surface area contributed by atoms with Crippen molar-refractivity contribution >= 4 is 17.5 Å². The highest BCUT2D eigenvalue weighted by Gasteiger charge is 2.51. The average Bonchev–Trinajstić information content (AvgIpc) is 3.08. The zero-order valence-corrected chi connectivity index (χ0v) is 15.4. The maximum atomic E-state index is 6.35. The van der Waals surface area contributed by atoms with Gasteiger partial charge < -0.3 is 4.90 Å². The molecule has 130 valence electrons. The van der Waals surface area contributed by atoms with Crippen LogP contribution in [-0.2, 0) is 11.3 Å². The van der Waals surface area contributed by atoms with E-state index in [0.29, 0.717) is 6.04 Å². The Kier molecular flexibility index (Phi) is 3.84. The first-order valence-corrected chi connectivity index (χ1v) is 8.96. The standard InChI is InChI=1S/C22H26N2O/c1-22(2)20-15-17-7-5-6-8-19(17)24(20)25-21(22)14-11-16-9-12-18(13-10-16)23(3)4/h5-14,20-21H,15H2,1-4H3. The molecular weight excluding hydrogens is 308 g/mol. The van der Waals surface area contributed by atoms with Gasteiger partial charge in [0.15, 0.2) is 0 Å². The molecule has 2 atom stereocenters. The molecule has 4 rings (SSSR count). The summed E-state index contributed by atoms with van der Waals surface area (Å²) in [6.45, 7) is 4.63. The van der Waals surface area contributed by atoms with Crippen LogP contribution in [0, 0.1) is 5.41 Å². The van der Waals surface area contributed by atoms with Gasteiger partial charge in [-0.05, 0) is 35.7 Å². The van der Waals surface area contributed by atoms with Crippen LogP contribution in [0.5, 0.6) is 0 Å². The molecule has 2 unspecified atom stereocenters. The van der Waals surface area contributed by atoms with Gasteiger partial charge in [0, 0.05) is 25.2 Å². The van der Waals surface area contributed by atoms with Crippen molar-refractivity contribution in [1.29, 1.82) is 0 Å². The van der Waals surface area contributed by atoms with E-state index in [2.05, 4.69) is 98.6 Å². The van der Waals surface area contributed by atoms with Gasteiger partial charge in [0.1, 0.15) is 6.10 Å². The lowest BCUT2D eigenvalue weighted by Gasteiger charge is -2.26.